The molecule has 1 aliphatic rings. The molecule has 4 aromatic carbocycles. The van der Waals surface area contributed by atoms with E-state index in [4.69, 9.17) is 4.74 Å². The number of rotatable bonds is 10. The second kappa shape index (κ2) is 13.6. The Hall–Kier alpha value is -6.20. The topological polar surface area (TPSA) is 158 Å². The smallest absolute Gasteiger partial charge is 0.336 e. The number of aromatic carboxylic acids is 1. The summed E-state index contributed by atoms with van der Waals surface area (Å²) in [4.78, 5) is 55.9. The van der Waals surface area contributed by atoms with Crippen LogP contribution >= 0.6 is 11.3 Å². The molecule has 51 heavy (non-hydrogen) atoms. The van der Waals surface area contributed by atoms with Gasteiger partial charge in [0.15, 0.2) is 0 Å². The first-order valence-electron chi connectivity index (χ1n) is 16.3. The van der Waals surface area contributed by atoms with Crippen LogP contribution in [-0.4, -0.2) is 45.5 Å². The lowest BCUT2D eigenvalue weighted by atomic mass is 9.90. The SMILES string of the molecule is CC(C)CNC(=O)c1ccc(-c2cc3c(cc2C(=O)Nc2ccc4[nH]ccc4c2-c2cccc(CC(=O)O)c2)-c2sccc2CO3)c(C(=O)O)c1. The van der Waals surface area contributed by atoms with Crippen LogP contribution in [0.5, 0.6) is 5.75 Å². The van der Waals surface area contributed by atoms with Crippen molar-refractivity contribution in [1.82, 2.24) is 10.3 Å². The van der Waals surface area contributed by atoms with Gasteiger partial charge in [-0.15, -0.1) is 11.3 Å². The summed E-state index contributed by atoms with van der Waals surface area (Å²) in [5, 5.41) is 28.5. The minimum Gasteiger partial charge on any atom is -0.488 e. The van der Waals surface area contributed by atoms with Crippen molar-refractivity contribution in [3.63, 3.8) is 0 Å². The summed E-state index contributed by atoms with van der Waals surface area (Å²) in [5.74, 6) is -2.38. The fourth-order valence-corrected chi connectivity index (χ4v) is 7.31. The number of thiophene rings is 1. The van der Waals surface area contributed by atoms with Gasteiger partial charge >= 0.3 is 11.9 Å². The summed E-state index contributed by atoms with van der Waals surface area (Å²) >= 11 is 1.53. The fourth-order valence-electron chi connectivity index (χ4n) is 6.37. The fraction of sp³-hybridized carbons (Fsp3) is 0.150. The number of aliphatic carboxylic acids is 1. The van der Waals surface area contributed by atoms with Crippen LogP contribution in [0.25, 0.3) is 43.6 Å². The second-order valence-corrected chi connectivity index (χ2v) is 13.7. The van der Waals surface area contributed by atoms with Crippen LogP contribution in [0.3, 0.4) is 0 Å². The van der Waals surface area contributed by atoms with Crippen molar-refractivity contribution in [2.75, 3.05) is 11.9 Å². The Balaban J connectivity index is 1.36. The van der Waals surface area contributed by atoms with Gasteiger partial charge in [0, 0.05) is 62.0 Å². The van der Waals surface area contributed by atoms with Gasteiger partial charge in [-0.2, -0.15) is 0 Å². The number of hydrogen-bond acceptors (Lipinski definition) is 6. The predicted octanol–water partition coefficient (Wildman–Crippen LogP) is 8.09. The van der Waals surface area contributed by atoms with Crippen LogP contribution in [-0.2, 0) is 17.8 Å². The number of H-pyrrole nitrogens is 1. The molecule has 11 heteroatoms. The molecule has 0 unspecified atom stereocenters. The van der Waals surface area contributed by atoms with Gasteiger partial charge in [0.05, 0.1) is 12.0 Å². The van der Waals surface area contributed by atoms with Crippen LogP contribution in [0.1, 0.15) is 56.0 Å². The molecule has 0 aliphatic carbocycles. The number of fused-ring (bicyclic) bond motifs is 4. The molecule has 5 N–H and O–H groups in total. The molecule has 0 saturated carbocycles. The van der Waals surface area contributed by atoms with E-state index in [0.717, 1.165) is 26.9 Å². The molecule has 2 amide bonds. The van der Waals surface area contributed by atoms with Gasteiger partial charge in [0.2, 0.25) is 0 Å². The summed E-state index contributed by atoms with van der Waals surface area (Å²) in [5.41, 5.74) is 5.85. The molecular formula is C40H33N3O7S. The molecule has 6 aromatic rings. The maximum atomic E-state index is 14.6. The lowest BCUT2D eigenvalue weighted by Gasteiger charge is -2.22. The maximum Gasteiger partial charge on any atom is 0.336 e. The highest BCUT2D eigenvalue weighted by Crippen LogP contribution is 2.45. The number of carbonyl (C=O) groups is 4. The molecule has 0 atom stereocenters. The van der Waals surface area contributed by atoms with Crippen molar-refractivity contribution in [3.8, 4) is 38.4 Å². The second-order valence-electron chi connectivity index (χ2n) is 12.8. The van der Waals surface area contributed by atoms with Crippen LogP contribution < -0.4 is 15.4 Å². The summed E-state index contributed by atoms with van der Waals surface area (Å²) < 4.78 is 6.11. The zero-order valence-electron chi connectivity index (χ0n) is 27.7. The van der Waals surface area contributed by atoms with Crippen molar-refractivity contribution in [3.05, 3.63) is 118 Å². The molecule has 3 heterocycles. The van der Waals surface area contributed by atoms with E-state index in [1.54, 1.807) is 54.7 Å². The third kappa shape index (κ3) is 6.59. The molecule has 2 aromatic heterocycles. The number of aromatic amines is 1. The molecule has 0 fully saturated rings. The normalized spacial score (nSPS) is 11.8. The molecule has 0 radical (unpaired) electrons. The van der Waals surface area contributed by atoms with E-state index in [2.05, 4.69) is 15.6 Å². The van der Waals surface area contributed by atoms with Gasteiger partial charge < -0.3 is 30.6 Å². The maximum absolute atomic E-state index is 14.6. The average molecular weight is 700 g/mol. The van der Waals surface area contributed by atoms with Crippen molar-refractivity contribution in [1.29, 1.82) is 0 Å². The van der Waals surface area contributed by atoms with Gasteiger partial charge in [-0.05, 0) is 82.1 Å². The third-order valence-corrected chi connectivity index (χ3v) is 9.76. The number of carboxylic acid groups (broad SMARTS) is 2. The summed E-state index contributed by atoms with van der Waals surface area (Å²) in [6, 6.07) is 22.5. The predicted molar refractivity (Wildman–Crippen MR) is 197 cm³/mol. The highest BCUT2D eigenvalue weighted by atomic mass is 32.1. The molecule has 7 rings (SSSR count). The third-order valence-electron chi connectivity index (χ3n) is 8.77. The van der Waals surface area contributed by atoms with Crippen molar-refractivity contribution < 1.29 is 34.1 Å². The molecule has 0 spiro atoms. The van der Waals surface area contributed by atoms with Crippen molar-refractivity contribution >= 4 is 51.7 Å². The lowest BCUT2D eigenvalue weighted by Crippen LogP contribution is -2.27. The zero-order valence-corrected chi connectivity index (χ0v) is 28.5. The van der Waals surface area contributed by atoms with Crippen LogP contribution in [0.2, 0.25) is 0 Å². The van der Waals surface area contributed by atoms with E-state index in [1.165, 1.54) is 17.4 Å². The number of carbonyl (C=O) groups excluding carboxylic acids is 2. The monoisotopic (exact) mass is 699 g/mol. The number of carboxylic acids is 2. The van der Waals surface area contributed by atoms with Gasteiger partial charge in [0.1, 0.15) is 12.4 Å². The number of ether oxygens (including phenoxy) is 1. The number of anilines is 1. The molecule has 0 bridgehead atoms. The van der Waals surface area contributed by atoms with Crippen molar-refractivity contribution in [2.45, 2.75) is 26.9 Å². The Morgan fingerprint density at radius 2 is 1.73 bits per heavy atom. The van der Waals surface area contributed by atoms with Gasteiger partial charge in [0.25, 0.3) is 11.8 Å². The highest BCUT2D eigenvalue weighted by Gasteiger charge is 2.27. The quantitative estimate of drug-likeness (QED) is 0.0967. The van der Waals surface area contributed by atoms with E-state index in [0.29, 0.717) is 46.8 Å². The summed E-state index contributed by atoms with van der Waals surface area (Å²) in [6.07, 6.45) is 1.63. The Morgan fingerprint density at radius 3 is 2.51 bits per heavy atom. The minimum absolute atomic E-state index is 0.140. The largest absolute Gasteiger partial charge is 0.488 e. The Bertz CT molecular complexity index is 2370. The molecule has 256 valence electrons. The van der Waals surface area contributed by atoms with E-state index in [1.807, 2.05) is 43.5 Å². The number of amides is 2. The number of nitrogens with one attached hydrogen (secondary N) is 3. The van der Waals surface area contributed by atoms with Crippen molar-refractivity contribution in [2.24, 2.45) is 5.92 Å². The average Bonchev–Trinajstić information content (AvgIpc) is 3.80. The first-order valence-corrected chi connectivity index (χ1v) is 17.2. The molecule has 0 saturated heterocycles. The van der Waals surface area contributed by atoms with E-state index in [9.17, 15) is 29.4 Å². The first kappa shape index (κ1) is 33.3. The standard InChI is InChI=1S/C40H33N3O7S/c1-21(2)19-42-38(46)24-6-7-26(30(16-24)40(48)49)28-18-34-31(37-25(20-50-34)11-13-51-37)17-29(28)39(47)43-33-9-8-32-27(10-12-41-32)36(33)23-5-3-4-22(14-23)15-35(44)45/h3-14,16-18,21,41H,15,19-20H2,1-2H3,(H,42,46)(H,43,47)(H,44,45)(H,48,49). The zero-order chi connectivity index (χ0) is 35.8. The summed E-state index contributed by atoms with van der Waals surface area (Å²) in [6.45, 7) is 4.69. The number of aromatic nitrogens is 1. The molecule has 10 nitrogen and oxygen atoms in total. The molecular weight excluding hydrogens is 667 g/mol. The van der Waals surface area contributed by atoms with Gasteiger partial charge in [-0.1, -0.05) is 44.2 Å². The highest BCUT2D eigenvalue weighted by molar-refractivity contribution is 7.13. The summed E-state index contributed by atoms with van der Waals surface area (Å²) in [7, 11) is 0. The lowest BCUT2D eigenvalue weighted by molar-refractivity contribution is -0.136. The molecule has 1 aliphatic heterocycles. The van der Waals surface area contributed by atoms with Gasteiger partial charge in [-0.25, -0.2) is 4.79 Å². The van der Waals surface area contributed by atoms with E-state index in [-0.39, 0.29) is 34.6 Å². The Kier molecular flexibility index (Phi) is 8.88. The number of benzene rings is 4. The van der Waals surface area contributed by atoms with Crippen LogP contribution in [0.4, 0.5) is 5.69 Å². The van der Waals surface area contributed by atoms with E-state index >= 15 is 0 Å². The Labute approximate surface area is 296 Å². The van der Waals surface area contributed by atoms with Crippen LogP contribution in [0.15, 0.2) is 90.4 Å². The number of hydrogen-bond donors (Lipinski definition) is 5. The Morgan fingerprint density at radius 1 is 0.882 bits per heavy atom. The van der Waals surface area contributed by atoms with Crippen LogP contribution in [0, 0.1) is 5.92 Å². The van der Waals surface area contributed by atoms with E-state index < -0.39 is 23.8 Å². The van der Waals surface area contributed by atoms with Gasteiger partial charge in [-0.3, -0.25) is 14.4 Å². The first-order chi connectivity index (χ1) is 24.6. The minimum atomic E-state index is -1.25.